The normalized spacial score (nSPS) is 15.1. The summed E-state index contributed by atoms with van der Waals surface area (Å²) in [7, 11) is 0. The van der Waals surface area contributed by atoms with E-state index in [-0.39, 0.29) is 24.2 Å². The van der Waals surface area contributed by atoms with Gasteiger partial charge in [0.1, 0.15) is 11.3 Å². The first-order valence-corrected chi connectivity index (χ1v) is 7.70. The molecule has 0 radical (unpaired) electrons. The maximum Gasteiger partial charge on any atom is 0.376 e. The van der Waals surface area contributed by atoms with Crippen molar-refractivity contribution in [3.05, 3.63) is 30.0 Å². The van der Waals surface area contributed by atoms with Crippen molar-refractivity contribution in [1.29, 1.82) is 0 Å². The minimum atomic E-state index is -0.555. The van der Waals surface area contributed by atoms with Gasteiger partial charge in [-0.3, -0.25) is 4.79 Å². The van der Waals surface area contributed by atoms with Gasteiger partial charge in [0, 0.05) is 11.3 Å². The van der Waals surface area contributed by atoms with E-state index in [4.69, 9.17) is 9.15 Å². The third-order valence-corrected chi connectivity index (χ3v) is 4.03. The smallest absolute Gasteiger partial charge is 0.376 e. The molecule has 2 aromatic rings. The Kier molecular flexibility index (Phi) is 4.13. The monoisotopic (exact) mass is 301 g/mol. The molecule has 0 saturated heterocycles. The molecule has 3 rings (SSSR count). The summed E-state index contributed by atoms with van der Waals surface area (Å²) in [4.78, 5) is 24.5. The van der Waals surface area contributed by atoms with E-state index in [1.807, 2.05) is 18.2 Å². The zero-order valence-corrected chi connectivity index (χ0v) is 12.6. The molecule has 1 heterocycles. The Morgan fingerprint density at radius 1 is 1.27 bits per heavy atom. The molecule has 1 aromatic heterocycles. The number of hydrogen-bond donors (Lipinski definition) is 1. The highest BCUT2D eigenvalue weighted by molar-refractivity contribution is 6.09. The molecule has 1 aliphatic rings. The number of anilines is 1. The summed E-state index contributed by atoms with van der Waals surface area (Å²) >= 11 is 0. The molecule has 0 atom stereocenters. The second kappa shape index (κ2) is 6.22. The number of para-hydroxylation sites is 1. The van der Waals surface area contributed by atoms with Crippen molar-refractivity contribution >= 4 is 28.5 Å². The molecule has 1 saturated carbocycles. The molecule has 1 aromatic carbocycles. The Labute approximate surface area is 128 Å². The van der Waals surface area contributed by atoms with Crippen molar-refractivity contribution in [2.75, 3.05) is 11.9 Å². The molecule has 1 aliphatic carbocycles. The molecule has 5 heteroatoms. The predicted octanol–water partition coefficient (Wildman–Crippen LogP) is 3.74. The number of furan rings is 1. The number of hydrogen-bond acceptors (Lipinski definition) is 4. The summed E-state index contributed by atoms with van der Waals surface area (Å²) in [6, 6.07) is 7.26. The van der Waals surface area contributed by atoms with Gasteiger partial charge in [0.25, 0.3) is 0 Å². The molecule has 1 N–H and O–H groups in total. The predicted molar refractivity (Wildman–Crippen MR) is 82.8 cm³/mol. The third-order valence-electron chi connectivity index (χ3n) is 4.03. The average Bonchev–Trinajstić information content (AvgIpc) is 3.16. The molecule has 0 aliphatic heterocycles. The first kappa shape index (κ1) is 14.6. The quantitative estimate of drug-likeness (QED) is 0.873. The van der Waals surface area contributed by atoms with Gasteiger partial charge in [0.15, 0.2) is 0 Å². The van der Waals surface area contributed by atoms with Gasteiger partial charge in [-0.15, -0.1) is 0 Å². The fraction of sp³-hybridized carbons (Fsp3) is 0.412. The first-order chi connectivity index (χ1) is 10.7. The van der Waals surface area contributed by atoms with Gasteiger partial charge < -0.3 is 14.5 Å². The van der Waals surface area contributed by atoms with Crippen LogP contribution in [0.4, 0.5) is 5.69 Å². The van der Waals surface area contributed by atoms with Crippen LogP contribution in [0.1, 0.15) is 43.2 Å². The lowest BCUT2D eigenvalue weighted by molar-refractivity contribution is -0.119. The highest BCUT2D eigenvalue weighted by Gasteiger charge is 2.27. The van der Waals surface area contributed by atoms with E-state index >= 15 is 0 Å². The fourth-order valence-corrected chi connectivity index (χ4v) is 2.92. The number of esters is 1. The van der Waals surface area contributed by atoms with Crippen molar-refractivity contribution in [2.45, 2.75) is 32.6 Å². The van der Waals surface area contributed by atoms with E-state index in [0.717, 1.165) is 31.1 Å². The van der Waals surface area contributed by atoms with Crippen LogP contribution in [0.2, 0.25) is 0 Å². The standard InChI is InChI=1S/C17H19NO4/c1-2-21-17(20)15-14(12-9-5-6-10-13(12)22-15)18-16(19)11-7-3-4-8-11/h5-6,9-11H,2-4,7-8H2,1H3,(H,18,19). The Bertz CT molecular complexity index is 698. The minimum absolute atomic E-state index is 0.0173. The number of amides is 1. The minimum Gasteiger partial charge on any atom is -0.460 e. The molecular formula is C17H19NO4. The largest absolute Gasteiger partial charge is 0.460 e. The van der Waals surface area contributed by atoms with Crippen molar-refractivity contribution in [3.8, 4) is 0 Å². The lowest BCUT2D eigenvalue weighted by atomic mass is 10.1. The van der Waals surface area contributed by atoms with Gasteiger partial charge in [0.05, 0.1) is 6.61 Å². The second-order valence-electron chi connectivity index (χ2n) is 5.49. The van der Waals surface area contributed by atoms with E-state index < -0.39 is 5.97 Å². The van der Waals surface area contributed by atoms with Crippen molar-refractivity contribution in [1.82, 2.24) is 0 Å². The number of ether oxygens (including phenoxy) is 1. The highest BCUT2D eigenvalue weighted by Crippen LogP contribution is 2.33. The van der Waals surface area contributed by atoms with Crippen LogP contribution in [0.5, 0.6) is 0 Å². The molecule has 116 valence electrons. The zero-order chi connectivity index (χ0) is 15.5. The molecular weight excluding hydrogens is 282 g/mol. The van der Waals surface area contributed by atoms with Gasteiger partial charge in [0.2, 0.25) is 11.7 Å². The highest BCUT2D eigenvalue weighted by atomic mass is 16.5. The average molecular weight is 301 g/mol. The molecule has 1 fully saturated rings. The summed E-state index contributed by atoms with van der Waals surface area (Å²) in [6.45, 7) is 1.99. The fourth-order valence-electron chi connectivity index (χ4n) is 2.92. The Hall–Kier alpha value is -2.30. The molecule has 0 spiro atoms. The molecule has 0 unspecified atom stereocenters. The SMILES string of the molecule is CCOC(=O)c1oc2ccccc2c1NC(=O)C1CCCC1. The number of benzene rings is 1. The van der Waals surface area contributed by atoms with Crippen LogP contribution in [-0.4, -0.2) is 18.5 Å². The van der Waals surface area contributed by atoms with Crippen LogP contribution in [0.3, 0.4) is 0 Å². The lowest BCUT2D eigenvalue weighted by Crippen LogP contribution is -2.21. The molecule has 5 nitrogen and oxygen atoms in total. The topological polar surface area (TPSA) is 68.5 Å². The second-order valence-corrected chi connectivity index (χ2v) is 5.49. The number of rotatable bonds is 4. The summed E-state index contributed by atoms with van der Waals surface area (Å²) in [5, 5.41) is 3.60. The Balaban J connectivity index is 1.96. The van der Waals surface area contributed by atoms with Crippen molar-refractivity contribution in [3.63, 3.8) is 0 Å². The number of carbonyl (C=O) groups excluding carboxylic acids is 2. The summed E-state index contributed by atoms with van der Waals surface area (Å²) < 4.78 is 10.6. The van der Waals surface area contributed by atoms with Crippen LogP contribution in [-0.2, 0) is 9.53 Å². The van der Waals surface area contributed by atoms with Crippen LogP contribution in [0, 0.1) is 5.92 Å². The number of nitrogens with one attached hydrogen (secondary N) is 1. The molecule has 0 bridgehead atoms. The van der Waals surface area contributed by atoms with E-state index in [0.29, 0.717) is 11.3 Å². The van der Waals surface area contributed by atoms with Crippen molar-refractivity contribution < 1.29 is 18.7 Å². The summed E-state index contributed by atoms with van der Waals surface area (Å²) in [6.07, 6.45) is 3.95. The van der Waals surface area contributed by atoms with E-state index in [9.17, 15) is 9.59 Å². The van der Waals surface area contributed by atoms with Crippen LogP contribution >= 0.6 is 0 Å². The van der Waals surface area contributed by atoms with Crippen LogP contribution in [0.25, 0.3) is 11.0 Å². The Morgan fingerprint density at radius 3 is 2.73 bits per heavy atom. The van der Waals surface area contributed by atoms with Crippen LogP contribution in [0.15, 0.2) is 28.7 Å². The maximum absolute atomic E-state index is 12.4. The first-order valence-electron chi connectivity index (χ1n) is 7.70. The van der Waals surface area contributed by atoms with Gasteiger partial charge in [-0.2, -0.15) is 0 Å². The van der Waals surface area contributed by atoms with Crippen molar-refractivity contribution in [2.24, 2.45) is 5.92 Å². The lowest BCUT2D eigenvalue weighted by Gasteiger charge is -2.10. The number of fused-ring (bicyclic) bond motifs is 1. The van der Waals surface area contributed by atoms with Gasteiger partial charge >= 0.3 is 5.97 Å². The van der Waals surface area contributed by atoms with E-state index in [1.54, 1.807) is 13.0 Å². The van der Waals surface area contributed by atoms with Crippen LogP contribution < -0.4 is 5.32 Å². The summed E-state index contributed by atoms with van der Waals surface area (Å²) in [5.41, 5.74) is 0.984. The maximum atomic E-state index is 12.4. The molecule has 22 heavy (non-hydrogen) atoms. The molecule has 1 amide bonds. The van der Waals surface area contributed by atoms with Gasteiger partial charge in [-0.25, -0.2) is 4.79 Å². The van der Waals surface area contributed by atoms with E-state index in [2.05, 4.69) is 5.32 Å². The Morgan fingerprint density at radius 2 is 2.00 bits per heavy atom. The van der Waals surface area contributed by atoms with Gasteiger partial charge in [-0.1, -0.05) is 25.0 Å². The summed E-state index contributed by atoms with van der Waals surface area (Å²) in [5.74, 6) is -0.520. The van der Waals surface area contributed by atoms with Gasteiger partial charge in [-0.05, 0) is 31.9 Å². The van der Waals surface area contributed by atoms with E-state index in [1.165, 1.54) is 0 Å². The number of carbonyl (C=O) groups is 2. The third kappa shape index (κ3) is 2.71. The zero-order valence-electron chi connectivity index (χ0n) is 12.6.